The maximum absolute atomic E-state index is 12.5. The van der Waals surface area contributed by atoms with Crippen molar-refractivity contribution < 1.29 is 14.7 Å². The van der Waals surface area contributed by atoms with E-state index in [0.29, 0.717) is 23.7 Å². The number of carboxylic acid groups (broad SMARTS) is 1. The van der Waals surface area contributed by atoms with Gasteiger partial charge in [0.2, 0.25) is 0 Å². The third kappa shape index (κ3) is 3.07. The molecule has 0 aromatic carbocycles. The van der Waals surface area contributed by atoms with E-state index in [2.05, 4.69) is 15.6 Å². The van der Waals surface area contributed by atoms with Crippen molar-refractivity contribution in [1.82, 2.24) is 15.2 Å². The zero-order valence-electron chi connectivity index (χ0n) is 11.5. The molecule has 0 aliphatic carbocycles. The van der Waals surface area contributed by atoms with Gasteiger partial charge in [-0.2, -0.15) is 0 Å². The molecule has 20 heavy (non-hydrogen) atoms. The predicted octanol–water partition coefficient (Wildman–Crippen LogP) is 0.382. The van der Waals surface area contributed by atoms with Gasteiger partial charge < -0.3 is 20.6 Å². The van der Waals surface area contributed by atoms with Gasteiger partial charge in [-0.3, -0.25) is 9.59 Å². The smallest absolute Gasteiger partial charge is 0.322 e. The SMILES string of the molecule is CCNc1nc(C)c(C(=O)N2CCNC(C(=O)O)C2)s1. The Kier molecular flexibility index (Phi) is 4.56. The Labute approximate surface area is 121 Å². The van der Waals surface area contributed by atoms with E-state index in [1.807, 2.05) is 6.92 Å². The van der Waals surface area contributed by atoms with Crippen molar-refractivity contribution in [3.8, 4) is 0 Å². The second-order valence-corrected chi connectivity index (χ2v) is 5.56. The zero-order chi connectivity index (χ0) is 14.7. The summed E-state index contributed by atoms with van der Waals surface area (Å²) in [6.45, 7) is 5.68. The number of nitrogens with zero attached hydrogens (tertiary/aromatic N) is 2. The number of hydrogen-bond acceptors (Lipinski definition) is 6. The molecule has 1 aromatic heterocycles. The second-order valence-electron chi connectivity index (χ2n) is 4.56. The van der Waals surface area contributed by atoms with Gasteiger partial charge in [0, 0.05) is 26.2 Å². The quantitative estimate of drug-likeness (QED) is 0.744. The summed E-state index contributed by atoms with van der Waals surface area (Å²) in [7, 11) is 0. The molecule has 1 saturated heterocycles. The average Bonchev–Trinajstić information content (AvgIpc) is 2.79. The van der Waals surface area contributed by atoms with Crippen LogP contribution in [0.25, 0.3) is 0 Å². The Bertz CT molecular complexity index is 517. The summed E-state index contributed by atoms with van der Waals surface area (Å²) in [6, 6.07) is -0.700. The number of thiazole rings is 1. The highest BCUT2D eigenvalue weighted by Gasteiger charge is 2.30. The molecule has 1 aliphatic rings. The van der Waals surface area contributed by atoms with Crippen LogP contribution in [0.4, 0.5) is 5.13 Å². The van der Waals surface area contributed by atoms with Crippen LogP contribution in [-0.2, 0) is 4.79 Å². The maximum atomic E-state index is 12.5. The highest BCUT2D eigenvalue weighted by atomic mass is 32.1. The molecule has 8 heteroatoms. The lowest BCUT2D eigenvalue weighted by Gasteiger charge is -2.31. The van der Waals surface area contributed by atoms with Gasteiger partial charge in [-0.15, -0.1) is 0 Å². The summed E-state index contributed by atoms with van der Waals surface area (Å²) in [5.74, 6) is -1.08. The first kappa shape index (κ1) is 14.7. The molecule has 1 aromatic rings. The van der Waals surface area contributed by atoms with Crippen molar-refractivity contribution in [2.75, 3.05) is 31.5 Å². The van der Waals surface area contributed by atoms with Gasteiger partial charge >= 0.3 is 5.97 Å². The second kappa shape index (κ2) is 6.19. The molecule has 0 bridgehead atoms. The minimum absolute atomic E-state index is 0.142. The molecule has 0 radical (unpaired) electrons. The molecular weight excluding hydrogens is 280 g/mol. The van der Waals surface area contributed by atoms with E-state index in [0.717, 1.165) is 11.7 Å². The van der Waals surface area contributed by atoms with Crippen molar-refractivity contribution in [2.45, 2.75) is 19.9 Å². The van der Waals surface area contributed by atoms with Crippen LogP contribution in [0.15, 0.2) is 0 Å². The number of rotatable bonds is 4. The summed E-state index contributed by atoms with van der Waals surface area (Å²) < 4.78 is 0. The number of carboxylic acids is 1. The molecule has 1 fully saturated rings. The molecule has 1 amide bonds. The fourth-order valence-electron chi connectivity index (χ4n) is 2.07. The van der Waals surface area contributed by atoms with Gasteiger partial charge in [0.1, 0.15) is 10.9 Å². The van der Waals surface area contributed by atoms with Crippen molar-refractivity contribution in [2.24, 2.45) is 0 Å². The van der Waals surface area contributed by atoms with Gasteiger partial charge in [0.25, 0.3) is 5.91 Å². The first-order valence-corrected chi connectivity index (χ1v) is 7.31. The lowest BCUT2D eigenvalue weighted by Crippen LogP contribution is -2.55. The van der Waals surface area contributed by atoms with Gasteiger partial charge in [0.15, 0.2) is 5.13 Å². The van der Waals surface area contributed by atoms with Crippen molar-refractivity contribution in [3.05, 3.63) is 10.6 Å². The summed E-state index contributed by atoms with van der Waals surface area (Å²) in [5.41, 5.74) is 0.682. The van der Waals surface area contributed by atoms with Crippen molar-refractivity contribution in [3.63, 3.8) is 0 Å². The highest BCUT2D eigenvalue weighted by molar-refractivity contribution is 7.17. The van der Waals surface area contributed by atoms with Gasteiger partial charge in [-0.1, -0.05) is 11.3 Å². The molecule has 0 spiro atoms. The Morgan fingerprint density at radius 2 is 2.35 bits per heavy atom. The standard InChI is InChI=1S/C12H18N4O3S/c1-3-13-12-15-7(2)9(20-12)10(17)16-5-4-14-8(6-16)11(18)19/h8,14H,3-6H2,1-2H3,(H,13,15)(H,18,19). The van der Waals surface area contributed by atoms with E-state index in [1.54, 1.807) is 11.8 Å². The molecule has 0 saturated carbocycles. The number of anilines is 1. The minimum atomic E-state index is -0.933. The van der Waals surface area contributed by atoms with Crippen LogP contribution in [0.3, 0.4) is 0 Å². The number of aromatic nitrogens is 1. The number of hydrogen-bond donors (Lipinski definition) is 3. The first-order chi connectivity index (χ1) is 9.52. The van der Waals surface area contributed by atoms with Gasteiger partial charge in [0.05, 0.1) is 5.69 Å². The van der Waals surface area contributed by atoms with Crippen LogP contribution in [0.5, 0.6) is 0 Å². The Morgan fingerprint density at radius 3 is 3.00 bits per heavy atom. The van der Waals surface area contributed by atoms with E-state index in [4.69, 9.17) is 5.11 Å². The average molecular weight is 298 g/mol. The molecule has 110 valence electrons. The van der Waals surface area contributed by atoms with Crippen LogP contribution in [-0.4, -0.2) is 59.1 Å². The molecule has 7 nitrogen and oxygen atoms in total. The maximum Gasteiger partial charge on any atom is 0.322 e. The molecular formula is C12H18N4O3S. The number of amides is 1. The summed E-state index contributed by atoms with van der Waals surface area (Å²) in [6.07, 6.45) is 0. The van der Waals surface area contributed by atoms with Crippen LogP contribution >= 0.6 is 11.3 Å². The van der Waals surface area contributed by atoms with Crippen molar-refractivity contribution >= 4 is 28.3 Å². The highest BCUT2D eigenvalue weighted by Crippen LogP contribution is 2.24. The third-order valence-corrected chi connectivity index (χ3v) is 4.18. The Balaban J connectivity index is 2.12. The molecule has 1 aliphatic heterocycles. The summed E-state index contributed by atoms with van der Waals surface area (Å²) >= 11 is 1.31. The van der Waals surface area contributed by atoms with E-state index in [1.165, 1.54) is 11.3 Å². The fraction of sp³-hybridized carbons (Fsp3) is 0.583. The summed E-state index contributed by atoms with van der Waals surface area (Å²) in [5, 5.41) is 15.7. The van der Waals surface area contributed by atoms with Gasteiger partial charge in [-0.25, -0.2) is 4.98 Å². The lowest BCUT2D eigenvalue weighted by molar-refractivity contribution is -0.140. The molecule has 2 rings (SSSR count). The number of piperazine rings is 1. The Morgan fingerprint density at radius 1 is 1.60 bits per heavy atom. The van der Waals surface area contributed by atoms with E-state index in [9.17, 15) is 9.59 Å². The number of carbonyl (C=O) groups excluding carboxylic acids is 1. The van der Waals surface area contributed by atoms with Crippen LogP contribution in [0.1, 0.15) is 22.3 Å². The molecule has 2 heterocycles. The molecule has 1 atom stereocenters. The largest absolute Gasteiger partial charge is 0.480 e. The number of aryl methyl sites for hydroxylation is 1. The topological polar surface area (TPSA) is 94.6 Å². The Hall–Kier alpha value is -1.67. The van der Waals surface area contributed by atoms with Crippen molar-refractivity contribution in [1.29, 1.82) is 0 Å². The first-order valence-electron chi connectivity index (χ1n) is 6.49. The monoisotopic (exact) mass is 298 g/mol. The number of nitrogens with one attached hydrogen (secondary N) is 2. The normalized spacial score (nSPS) is 18.9. The number of carbonyl (C=O) groups is 2. The van der Waals surface area contributed by atoms with Crippen LogP contribution in [0.2, 0.25) is 0 Å². The zero-order valence-corrected chi connectivity index (χ0v) is 12.3. The predicted molar refractivity (Wildman–Crippen MR) is 76.3 cm³/mol. The van der Waals surface area contributed by atoms with Crippen LogP contribution in [0, 0.1) is 6.92 Å². The fourth-order valence-corrected chi connectivity index (χ4v) is 3.07. The third-order valence-electron chi connectivity index (χ3n) is 3.08. The van der Waals surface area contributed by atoms with E-state index >= 15 is 0 Å². The number of aliphatic carboxylic acids is 1. The molecule has 3 N–H and O–H groups in total. The van der Waals surface area contributed by atoms with E-state index < -0.39 is 12.0 Å². The van der Waals surface area contributed by atoms with E-state index in [-0.39, 0.29) is 12.5 Å². The lowest BCUT2D eigenvalue weighted by atomic mass is 10.2. The van der Waals surface area contributed by atoms with Crippen LogP contribution < -0.4 is 10.6 Å². The molecule has 1 unspecified atom stereocenters. The minimum Gasteiger partial charge on any atom is -0.480 e. The summed E-state index contributed by atoms with van der Waals surface area (Å²) in [4.78, 5) is 29.9. The van der Waals surface area contributed by atoms with Gasteiger partial charge in [-0.05, 0) is 13.8 Å².